The van der Waals surface area contributed by atoms with Gasteiger partial charge in [0, 0.05) is 33.5 Å². The molecule has 3 heteroatoms. The van der Waals surface area contributed by atoms with Crippen LogP contribution in [0.15, 0.2) is 0 Å². The molecule has 0 saturated carbocycles. The first kappa shape index (κ1) is 10.9. The summed E-state index contributed by atoms with van der Waals surface area (Å²) in [4.78, 5) is 0. The molecule has 0 aliphatic rings. The van der Waals surface area contributed by atoms with Gasteiger partial charge in [-0.1, -0.05) is 0 Å². The monoisotopic (exact) mass is 161 g/mol. The lowest BCUT2D eigenvalue weighted by molar-refractivity contribution is 0.158. The molecule has 0 aliphatic heterocycles. The third-order valence-corrected chi connectivity index (χ3v) is 1.75. The van der Waals surface area contributed by atoms with E-state index in [1.165, 1.54) is 0 Å². The molecule has 0 radical (unpaired) electrons. The predicted molar refractivity (Wildman–Crippen MR) is 45.8 cm³/mol. The van der Waals surface area contributed by atoms with Gasteiger partial charge < -0.3 is 14.8 Å². The molecule has 3 nitrogen and oxygen atoms in total. The minimum absolute atomic E-state index is 0.523. The van der Waals surface area contributed by atoms with E-state index in [1.807, 2.05) is 7.05 Å². The third kappa shape index (κ3) is 6.28. The molecule has 0 aromatic rings. The summed E-state index contributed by atoms with van der Waals surface area (Å²) >= 11 is 0. The van der Waals surface area contributed by atoms with Crippen LogP contribution in [0.3, 0.4) is 0 Å². The predicted octanol–water partition coefficient (Wildman–Crippen LogP) is 0.647. The SMILES string of the molecule is CNC(CCOC)CCOC. The molecular formula is C8H19NO2. The van der Waals surface area contributed by atoms with Crippen LogP contribution in [-0.4, -0.2) is 40.5 Å². The Morgan fingerprint density at radius 2 is 1.55 bits per heavy atom. The molecule has 11 heavy (non-hydrogen) atoms. The molecule has 0 aromatic heterocycles. The molecule has 0 aromatic carbocycles. The van der Waals surface area contributed by atoms with Crippen LogP contribution in [0.4, 0.5) is 0 Å². The maximum atomic E-state index is 4.97. The summed E-state index contributed by atoms with van der Waals surface area (Å²) in [5.74, 6) is 0. The van der Waals surface area contributed by atoms with Gasteiger partial charge in [0.25, 0.3) is 0 Å². The Labute approximate surface area is 69.1 Å². The number of methoxy groups -OCH3 is 2. The van der Waals surface area contributed by atoms with Crippen molar-refractivity contribution in [2.24, 2.45) is 0 Å². The van der Waals surface area contributed by atoms with E-state index in [0.717, 1.165) is 26.1 Å². The summed E-state index contributed by atoms with van der Waals surface area (Å²) in [5, 5.41) is 3.21. The second kappa shape index (κ2) is 7.98. The van der Waals surface area contributed by atoms with Crippen molar-refractivity contribution in [3.05, 3.63) is 0 Å². The molecule has 0 fully saturated rings. The van der Waals surface area contributed by atoms with Gasteiger partial charge in [-0.15, -0.1) is 0 Å². The van der Waals surface area contributed by atoms with Gasteiger partial charge in [0.1, 0.15) is 0 Å². The highest BCUT2D eigenvalue weighted by molar-refractivity contribution is 4.62. The Bertz CT molecular complexity index is 70.5. The second-order valence-electron chi connectivity index (χ2n) is 2.55. The van der Waals surface area contributed by atoms with Crippen LogP contribution in [0.2, 0.25) is 0 Å². The normalized spacial score (nSPS) is 10.9. The minimum atomic E-state index is 0.523. The fourth-order valence-electron chi connectivity index (χ4n) is 0.953. The highest BCUT2D eigenvalue weighted by Crippen LogP contribution is 1.97. The zero-order chi connectivity index (χ0) is 8.53. The number of nitrogens with one attached hydrogen (secondary N) is 1. The summed E-state index contributed by atoms with van der Waals surface area (Å²) in [6.07, 6.45) is 2.10. The van der Waals surface area contributed by atoms with Crippen LogP contribution in [0.1, 0.15) is 12.8 Å². The molecule has 0 spiro atoms. The maximum absolute atomic E-state index is 4.97. The van der Waals surface area contributed by atoms with E-state index in [-0.39, 0.29) is 0 Å². The first-order valence-electron chi connectivity index (χ1n) is 4.00. The van der Waals surface area contributed by atoms with Crippen molar-refractivity contribution in [2.75, 3.05) is 34.5 Å². The summed E-state index contributed by atoms with van der Waals surface area (Å²) in [6, 6.07) is 0.523. The topological polar surface area (TPSA) is 30.5 Å². The van der Waals surface area contributed by atoms with Crippen LogP contribution >= 0.6 is 0 Å². The molecule has 1 N–H and O–H groups in total. The number of rotatable bonds is 7. The van der Waals surface area contributed by atoms with Gasteiger partial charge in [0.15, 0.2) is 0 Å². The van der Waals surface area contributed by atoms with Gasteiger partial charge in [-0.3, -0.25) is 0 Å². The van der Waals surface area contributed by atoms with Crippen LogP contribution in [-0.2, 0) is 9.47 Å². The van der Waals surface area contributed by atoms with Crippen molar-refractivity contribution in [1.82, 2.24) is 5.32 Å². The Balaban J connectivity index is 3.25. The lowest BCUT2D eigenvalue weighted by Gasteiger charge is -2.14. The minimum Gasteiger partial charge on any atom is -0.385 e. The second-order valence-corrected chi connectivity index (χ2v) is 2.55. The van der Waals surface area contributed by atoms with Crippen LogP contribution in [0, 0.1) is 0 Å². The molecule has 0 rings (SSSR count). The quantitative estimate of drug-likeness (QED) is 0.594. The zero-order valence-corrected chi connectivity index (χ0v) is 7.72. The zero-order valence-electron chi connectivity index (χ0n) is 7.72. The van der Waals surface area contributed by atoms with Crippen LogP contribution in [0.5, 0.6) is 0 Å². The molecule has 0 aliphatic carbocycles. The van der Waals surface area contributed by atoms with Crippen molar-refractivity contribution in [1.29, 1.82) is 0 Å². The molecule has 0 atom stereocenters. The average Bonchev–Trinajstić information content (AvgIpc) is 2.05. The summed E-state index contributed by atoms with van der Waals surface area (Å²) in [5.41, 5.74) is 0. The van der Waals surface area contributed by atoms with Gasteiger partial charge in [-0.25, -0.2) is 0 Å². The standard InChI is InChI=1S/C8H19NO2/c1-9-8(4-6-10-2)5-7-11-3/h8-9H,4-7H2,1-3H3. The van der Waals surface area contributed by atoms with E-state index in [0.29, 0.717) is 6.04 Å². The van der Waals surface area contributed by atoms with Gasteiger partial charge in [-0.05, 0) is 19.9 Å². The molecule has 0 saturated heterocycles. The summed E-state index contributed by atoms with van der Waals surface area (Å²) in [7, 11) is 5.42. The highest BCUT2D eigenvalue weighted by Gasteiger charge is 2.03. The molecule has 0 amide bonds. The summed E-state index contributed by atoms with van der Waals surface area (Å²) < 4.78 is 9.95. The van der Waals surface area contributed by atoms with E-state index in [4.69, 9.17) is 9.47 Å². The number of ether oxygens (including phenoxy) is 2. The van der Waals surface area contributed by atoms with Crippen LogP contribution in [0.25, 0.3) is 0 Å². The first-order chi connectivity index (χ1) is 5.35. The largest absolute Gasteiger partial charge is 0.385 e. The fraction of sp³-hybridized carbons (Fsp3) is 1.00. The average molecular weight is 161 g/mol. The molecule has 68 valence electrons. The molecular weight excluding hydrogens is 142 g/mol. The van der Waals surface area contributed by atoms with E-state index >= 15 is 0 Å². The Kier molecular flexibility index (Phi) is 7.89. The van der Waals surface area contributed by atoms with Crippen molar-refractivity contribution in [3.63, 3.8) is 0 Å². The van der Waals surface area contributed by atoms with Crippen LogP contribution < -0.4 is 5.32 Å². The van der Waals surface area contributed by atoms with Crippen molar-refractivity contribution >= 4 is 0 Å². The first-order valence-corrected chi connectivity index (χ1v) is 4.00. The lowest BCUT2D eigenvalue weighted by Crippen LogP contribution is -2.27. The maximum Gasteiger partial charge on any atom is 0.0477 e. The smallest absolute Gasteiger partial charge is 0.0477 e. The van der Waals surface area contributed by atoms with E-state index in [1.54, 1.807) is 14.2 Å². The van der Waals surface area contributed by atoms with E-state index < -0.39 is 0 Å². The Hall–Kier alpha value is -0.120. The fourth-order valence-corrected chi connectivity index (χ4v) is 0.953. The number of hydrogen-bond acceptors (Lipinski definition) is 3. The van der Waals surface area contributed by atoms with Crippen molar-refractivity contribution in [3.8, 4) is 0 Å². The molecule has 0 heterocycles. The Morgan fingerprint density at radius 3 is 1.82 bits per heavy atom. The lowest BCUT2D eigenvalue weighted by atomic mass is 10.1. The Morgan fingerprint density at radius 1 is 1.09 bits per heavy atom. The molecule has 0 bridgehead atoms. The highest BCUT2D eigenvalue weighted by atomic mass is 16.5. The van der Waals surface area contributed by atoms with Crippen molar-refractivity contribution in [2.45, 2.75) is 18.9 Å². The van der Waals surface area contributed by atoms with E-state index in [9.17, 15) is 0 Å². The van der Waals surface area contributed by atoms with E-state index in [2.05, 4.69) is 5.32 Å². The van der Waals surface area contributed by atoms with Crippen molar-refractivity contribution < 1.29 is 9.47 Å². The summed E-state index contributed by atoms with van der Waals surface area (Å²) in [6.45, 7) is 1.63. The van der Waals surface area contributed by atoms with Gasteiger partial charge in [0.2, 0.25) is 0 Å². The molecule has 0 unspecified atom stereocenters. The number of hydrogen-bond donors (Lipinski definition) is 1. The third-order valence-electron chi connectivity index (χ3n) is 1.75. The van der Waals surface area contributed by atoms with Gasteiger partial charge in [-0.2, -0.15) is 0 Å². The van der Waals surface area contributed by atoms with Gasteiger partial charge in [0.05, 0.1) is 0 Å². The van der Waals surface area contributed by atoms with Gasteiger partial charge >= 0.3 is 0 Å².